The zero-order valence-corrected chi connectivity index (χ0v) is 12.1. The van der Waals surface area contributed by atoms with Gasteiger partial charge in [0.15, 0.2) is 5.16 Å². The first-order chi connectivity index (χ1) is 9.56. The molecule has 1 aromatic carbocycles. The van der Waals surface area contributed by atoms with E-state index in [0.717, 1.165) is 5.56 Å². The summed E-state index contributed by atoms with van der Waals surface area (Å²) in [7, 11) is 1.82. The molecule has 0 aliphatic rings. The lowest BCUT2D eigenvalue weighted by molar-refractivity contribution is -0.118. The number of aromatic nitrogens is 3. The molecule has 0 fully saturated rings. The Kier molecular flexibility index (Phi) is 4.73. The fraction of sp³-hybridized carbons (Fsp3) is 0.308. The Labute approximate surface area is 120 Å². The van der Waals surface area contributed by atoms with Crippen molar-refractivity contribution >= 4 is 17.7 Å². The topological polar surface area (TPSA) is 59.8 Å². The second-order valence-corrected chi connectivity index (χ2v) is 5.32. The normalized spacial score (nSPS) is 10.6. The van der Waals surface area contributed by atoms with Crippen molar-refractivity contribution in [1.29, 1.82) is 0 Å². The number of rotatable bonds is 5. The van der Waals surface area contributed by atoms with E-state index in [0.29, 0.717) is 17.3 Å². The van der Waals surface area contributed by atoms with Crippen molar-refractivity contribution in [2.75, 3.05) is 5.75 Å². The number of nitrogens with one attached hydrogen (secondary N) is 1. The highest BCUT2D eigenvalue weighted by Gasteiger charge is 2.07. The highest BCUT2D eigenvalue weighted by molar-refractivity contribution is 7.99. The molecule has 0 aliphatic heterocycles. The van der Waals surface area contributed by atoms with Crippen LogP contribution >= 0.6 is 11.8 Å². The molecule has 20 heavy (non-hydrogen) atoms. The van der Waals surface area contributed by atoms with Gasteiger partial charge in [0.1, 0.15) is 12.1 Å². The van der Waals surface area contributed by atoms with Crippen molar-refractivity contribution in [3.8, 4) is 0 Å². The summed E-state index contributed by atoms with van der Waals surface area (Å²) in [6.45, 7) is 2.09. The lowest BCUT2D eigenvalue weighted by Crippen LogP contribution is -2.24. The van der Waals surface area contributed by atoms with Gasteiger partial charge in [-0.1, -0.05) is 23.9 Å². The molecular weight excluding hydrogens is 279 g/mol. The van der Waals surface area contributed by atoms with E-state index in [9.17, 15) is 9.18 Å². The van der Waals surface area contributed by atoms with Gasteiger partial charge in [-0.2, -0.15) is 0 Å². The Morgan fingerprint density at radius 2 is 2.30 bits per heavy atom. The molecule has 1 aromatic heterocycles. The van der Waals surface area contributed by atoms with E-state index in [2.05, 4.69) is 15.5 Å². The smallest absolute Gasteiger partial charge is 0.230 e. The second-order valence-electron chi connectivity index (χ2n) is 4.37. The van der Waals surface area contributed by atoms with Gasteiger partial charge in [0.25, 0.3) is 0 Å². The minimum atomic E-state index is -0.238. The summed E-state index contributed by atoms with van der Waals surface area (Å²) in [5, 5.41) is 11.1. The van der Waals surface area contributed by atoms with Gasteiger partial charge in [0.2, 0.25) is 5.91 Å². The molecule has 0 aliphatic carbocycles. The molecule has 2 rings (SSSR count). The van der Waals surface area contributed by atoms with Gasteiger partial charge < -0.3 is 9.88 Å². The van der Waals surface area contributed by atoms with Crippen molar-refractivity contribution in [1.82, 2.24) is 20.1 Å². The van der Waals surface area contributed by atoms with Crippen LogP contribution in [0.2, 0.25) is 0 Å². The van der Waals surface area contributed by atoms with Crippen LogP contribution in [0.25, 0.3) is 0 Å². The molecule has 0 unspecified atom stereocenters. The van der Waals surface area contributed by atoms with Crippen LogP contribution in [-0.2, 0) is 18.4 Å². The number of carbonyl (C=O) groups excluding carboxylic acids is 1. The van der Waals surface area contributed by atoms with Crippen LogP contribution in [0, 0.1) is 12.7 Å². The van der Waals surface area contributed by atoms with Gasteiger partial charge in [-0.05, 0) is 24.1 Å². The summed E-state index contributed by atoms with van der Waals surface area (Å²) >= 11 is 1.32. The zero-order valence-electron chi connectivity index (χ0n) is 11.3. The third-order valence-corrected chi connectivity index (χ3v) is 3.75. The predicted octanol–water partition coefficient (Wildman–Crippen LogP) is 1.67. The Bertz CT molecular complexity index is 614. The summed E-state index contributed by atoms with van der Waals surface area (Å²) in [5.41, 5.74) is 1.45. The van der Waals surface area contributed by atoms with Gasteiger partial charge >= 0.3 is 0 Å². The largest absolute Gasteiger partial charge is 0.351 e. The maximum atomic E-state index is 13.1. The average molecular weight is 294 g/mol. The number of amides is 1. The van der Waals surface area contributed by atoms with Crippen molar-refractivity contribution in [3.63, 3.8) is 0 Å². The van der Waals surface area contributed by atoms with E-state index in [1.54, 1.807) is 30.0 Å². The number of hydrogen-bond acceptors (Lipinski definition) is 4. The number of benzene rings is 1. The molecule has 0 radical (unpaired) electrons. The van der Waals surface area contributed by atoms with Gasteiger partial charge in [-0.25, -0.2) is 4.39 Å². The molecule has 2 aromatic rings. The first kappa shape index (κ1) is 14.5. The minimum absolute atomic E-state index is 0.0972. The van der Waals surface area contributed by atoms with Crippen LogP contribution < -0.4 is 5.32 Å². The fourth-order valence-corrected chi connectivity index (χ4v) is 2.32. The number of carbonyl (C=O) groups is 1. The lowest BCUT2D eigenvalue weighted by Gasteiger charge is -2.06. The average Bonchev–Trinajstić information content (AvgIpc) is 2.83. The van der Waals surface area contributed by atoms with Crippen LogP contribution in [0.5, 0.6) is 0 Å². The highest BCUT2D eigenvalue weighted by Crippen LogP contribution is 2.13. The number of hydrogen-bond donors (Lipinski definition) is 1. The maximum absolute atomic E-state index is 13.1. The monoisotopic (exact) mass is 294 g/mol. The van der Waals surface area contributed by atoms with Crippen molar-refractivity contribution in [3.05, 3.63) is 41.5 Å². The molecule has 0 spiro atoms. The Hall–Kier alpha value is -1.89. The van der Waals surface area contributed by atoms with Gasteiger partial charge in [-0.3, -0.25) is 4.79 Å². The molecule has 5 nitrogen and oxygen atoms in total. The summed E-state index contributed by atoms with van der Waals surface area (Å²) in [5.74, 6) is -0.0647. The molecule has 106 valence electrons. The Morgan fingerprint density at radius 1 is 1.50 bits per heavy atom. The van der Waals surface area contributed by atoms with Gasteiger partial charge in [0.05, 0.1) is 5.75 Å². The van der Waals surface area contributed by atoms with E-state index >= 15 is 0 Å². The lowest BCUT2D eigenvalue weighted by atomic mass is 10.1. The van der Waals surface area contributed by atoms with Crippen LogP contribution in [0.1, 0.15) is 11.1 Å². The van der Waals surface area contributed by atoms with E-state index < -0.39 is 0 Å². The van der Waals surface area contributed by atoms with Crippen molar-refractivity contribution in [2.45, 2.75) is 18.6 Å². The number of thioether (sulfide) groups is 1. The highest BCUT2D eigenvalue weighted by atomic mass is 32.2. The SMILES string of the molecule is Cc1cc(CNC(=O)CSc2nncn2C)ccc1F. The zero-order chi connectivity index (χ0) is 14.5. The van der Waals surface area contributed by atoms with E-state index in [1.165, 1.54) is 17.8 Å². The Balaban J connectivity index is 1.80. The summed E-state index contributed by atoms with van der Waals surface area (Å²) in [6.07, 6.45) is 1.58. The molecule has 0 bridgehead atoms. The second kappa shape index (κ2) is 6.51. The first-order valence-corrected chi connectivity index (χ1v) is 7.03. The number of halogens is 1. The summed E-state index contributed by atoms with van der Waals surface area (Å²) in [4.78, 5) is 11.7. The maximum Gasteiger partial charge on any atom is 0.230 e. The molecule has 1 heterocycles. The van der Waals surface area contributed by atoms with Crippen LogP contribution in [-0.4, -0.2) is 26.4 Å². The minimum Gasteiger partial charge on any atom is -0.351 e. The van der Waals surface area contributed by atoms with Crippen molar-refractivity contribution < 1.29 is 9.18 Å². The van der Waals surface area contributed by atoms with Gasteiger partial charge in [0, 0.05) is 13.6 Å². The van der Waals surface area contributed by atoms with Gasteiger partial charge in [-0.15, -0.1) is 10.2 Å². The molecule has 7 heteroatoms. The number of nitrogens with zero attached hydrogens (tertiary/aromatic N) is 3. The molecule has 1 N–H and O–H groups in total. The molecule has 0 saturated carbocycles. The third-order valence-electron chi connectivity index (χ3n) is 2.71. The summed E-state index contributed by atoms with van der Waals surface area (Å²) < 4.78 is 14.9. The third kappa shape index (κ3) is 3.80. The first-order valence-electron chi connectivity index (χ1n) is 6.05. The predicted molar refractivity (Wildman–Crippen MR) is 74.7 cm³/mol. The van der Waals surface area contributed by atoms with Crippen molar-refractivity contribution in [2.24, 2.45) is 7.05 Å². The van der Waals surface area contributed by atoms with E-state index in [4.69, 9.17) is 0 Å². The molecule has 0 saturated heterocycles. The van der Waals surface area contributed by atoms with Crippen LogP contribution in [0.3, 0.4) is 0 Å². The van der Waals surface area contributed by atoms with Crippen LogP contribution in [0.15, 0.2) is 29.7 Å². The quantitative estimate of drug-likeness (QED) is 0.852. The molecule has 1 amide bonds. The number of aryl methyl sites for hydroxylation is 2. The van der Waals surface area contributed by atoms with E-state index in [-0.39, 0.29) is 17.5 Å². The summed E-state index contributed by atoms with van der Waals surface area (Å²) in [6, 6.07) is 4.80. The standard InChI is InChI=1S/C13H15FN4OS/c1-9-5-10(3-4-11(9)14)6-15-12(19)7-20-13-17-16-8-18(13)2/h3-5,8H,6-7H2,1-2H3,(H,15,19). The molecular formula is C13H15FN4OS. The molecule has 0 atom stereocenters. The van der Waals surface area contributed by atoms with Crippen LogP contribution in [0.4, 0.5) is 4.39 Å². The Morgan fingerprint density at radius 3 is 2.95 bits per heavy atom. The fourth-order valence-electron chi connectivity index (χ4n) is 1.60. The van der Waals surface area contributed by atoms with E-state index in [1.807, 2.05) is 7.05 Å².